The Morgan fingerprint density at radius 1 is 1.62 bits per heavy atom. The summed E-state index contributed by atoms with van der Waals surface area (Å²) in [4.78, 5) is 0. The molecule has 1 aliphatic rings. The summed E-state index contributed by atoms with van der Waals surface area (Å²) in [5, 5.41) is 7.86. The van der Waals surface area contributed by atoms with Crippen molar-refractivity contribution < 1.29 is 0 Å². The summed E-state index contributed by atoms with van der Waals surface area (Å²) in [6, 6.07) is 0.615. The van der Waals surface area contributed by atoms with Gasteiger partial charge in [0.05, 0.1) is 6.20 Å². The largest absolute Gasteiger partial charge is 0.314 e. The van der Waals surface area contributed by atoms with Crippen LogP contribution < -0.4 is 5.32 Å². The van der Waals surface area contributed by atoms with Gasteiger partial charge < -0.3 is 5.32 Å². The van der Waals surface area contributed by atoms with Gasteiger partial charge in [0, 0.05) is 19.3 Å². The van der Waals surface area contributed by atoms with Gasteiger partial charge >= 0.3 is 0 Å². The van der Waals surface area contributed by atoms with E-state index in [0.717, 1.165) is 18.9 Å². The zero-order valence-electron chi connectivity index (χ0n) is 10.8. The summed E-state index contributed by atoms with van der Waals surface area (Å²) in [6.45, 7) is 7.97. The zero-order chi connectivity index (χ0) is 11.8. The van der Waals surface area contributed by atoms with Crippen molar-refractivity contribution in [1.82, 2.24) is 15.1 Å². The van der Waals surface area contributed by atoms with Crippen molar-refractivity contribution in [2.24, 2.45) is 18.4 Å². The molecule has 0 spiro atoms. The van der Waals surface area contributed by atoms with Gasteiger partial charge in [0.25, 0.3) is 0 Å². The molecule has 0 aliphatic heterocycles. The summed E-state index contributed by atoms with van der Waals surface area (Å²) in [6.07, 6.45) is 6.57. The summed E-state index contributed by atoms with van der Waals surface area (Å²) in [7, 11) is 1.98. The van der Waals surface area contributed by atoms with E-state index in [-0.39, 0.29) is 0 Å². The Kier molecular flexibility index (Phi) is 3.06. The lowest BCUT2D eigenvalue weighted by Crippen LogP contribution is -2.34. The number of aryl methyl sites for hydroxylation is 1. The molecule has 2 atom stereocenters. The molecular weight excluding hydrogens is 198 g/mol. The first-order chi connectivity index (χ1) is 7.53. The standard InChI is InChI=1S/C13H23N3/c1-5-14-12(11-7-13(11,2)3)6-10-8-15-16(4)9-10/h8-9,11-12,14H,5-7H2,1-4H3. The van der Waals surface area contributed by atoms with Crippen molar-refractivity contribution in [3.8, 4) is 0 Å². The van der Waals surface area contributed by atoms with Crippen LogP contribution in [0.3, 0.4) is 0 Å². The molecule has 1 saturated carbocycles. The molecule has 1 aromatic heterocycles. The fourth-order valence-electron chi connectivity index (χ4n) is 2.64. The Bertz CT molecular complexity index is 354. The first kappa shape index (κ1) is 11.6. The third kappa shape index (κ3) is 2.46. The van der Waals surface area contributed by atoms with Gasteiger partial charge in [-0.3, -0.25) is 4.68 Å². The van der Waals surface area contributed by atoms with Gasteiger partial charge in [-0.25, -0.2) is 0 Å². The van der Waals surface area contributed by atoms with Gasteiger partial charge in [-0.1, -0.05) is 20.8 Å². The third-order valence-electron chi connectivity index (χ3n) is 3.76. The van der Waals surface area contributed by atoms with E-state index in [1.165, 1.54) is 12.0 Å². The molecule has 1 aromatic rings. The highest BCUT2D eigenvalue weighted by Crippen LogP contribution is 2.53. The van der Waals surface area contributed by atoms with E-state index >= 15 is 0 Å². The maximum absolute atomic E-state index is 4.23. The minimum Gasteiger partial charge on any atom is -0.314 e. The van der Waals surface area contributed by atoms with Crippen LogP contribution in [0.5, 0.6) is 0 Å². The minimum atomic E-state index is 0.537. The minimum absolute atomic E-state index is 0.537. The molecule has 0 amide bonds. The summed E-state index contributed by atoms with van der Waals surface area (Å²) in [5.41, 5.74) is 1.88. The number of nitrogens with one attached hydrogen (secondary N) is 1. The number of hydrogen-bond donors (Lipinski definition) is 1. The molecule has 3 nitrogen and oxygen atoms in total. The molecule has 90 valence electrons. The monoisotopic (exact) mass is 221 g/mol. The molecule has 1 heterocycles. The van der Waals surface area contributed by atoms with Gasteiger partial charge in [0.15, 0.2) is 0 Å². The predicted molar refractivity (Wildman–Crippen MR) is 66.3 cm³/mol. The quantitative estimate of drug-likeness (QED) is 0.824. The molecule has 0 aromatic carbocycles. The Morgan fingerprint density at radius 2 is 2.31 bits per heavy atom. The number of hydrogen-bond acceptors (Lipinski definition) is 2. The zero-order valence-corrected chi connectivity index (χ0v) is 10.8. The van der Waals surface area contributed by atoms with E-state index in [2.05, 4.69) is 37.4 Å². The molecule has 0 saturated heterocycles. The second-order valence-corrected chi connectivity index (χ2v) is 5.69. The highest BCUT2D eigenvalue weighted by atomic mass is 15.2. The summed E-state index contributed by atoms with van der Waals surface area (Å²) >= 11 is 0. The average Bonchev–Trinajstić information content (AvgIpc) is 2.64. The van der Waals surface area contributed by atoms with Crippen LogP contribution in [-0.4, -0.2) is 22.4 Å². The Morgan fingerprint density at radius 3 is 2.75 bits per heavy atom. The second-order valence-electron chi connectivity index (χ2n) is 5.69. The topological polar surface area (TPSA) is 29.9 Å². The molecule has 0 radical (unpaired) electrons. The van der Waals surface area contributed by atoms with Crippen molar-refractivity contribution in [2.75, 3.05) is 6.54 Å². The van der Waals surface area contributed by atoms with Crippen molar-refractivity contribution in [1.29, 1.82) is 0 Å². The third-order valence-corrected chi connectivity index (χ3v) is 3.76. The first-order valence-electron chi connectivity index (χ1n) is 6.24. The maximum atomic E-state index is 4.23. The summed E-state index contributed by atoms with van der Waals surface area (Å²) < 4.78 is 1.89. The Labute approximate surface area is 98.2 Å². The van der Waals surface area contributed by atoms with Crippen LogP contribution in [0.4, 0.5) is 0 Å². The molecule has 1 fully saturated rings. The number of aromatic nitrogens is 2. The highest BCUT2D eigenvalue weighted by Gasteiger charge is 2.49. The lowest BCUT2D eigenvalue weighted by Gasteiger charge is -2.18. The molecule has 3 heteroatoms. The molecule has 16 heavy (non-hydrogen) atoms. The van der Waals surface area contributed by atoms with Crippen LogP contribution in [0.25, 0.3) is 0 Å². The van der Waals surface area contributed by atoms with Crippen LogP contribution in [0, 0.1) is 11.3 Å². The van der Waals surface area contributed by atoms with Crippen molar-refractivity contribution >= 4 is 0 Å². The molecule has 2 rings (SSSR count). The molecule has 1 aliphatic carbocycles. The number of rotatable bonds is 5. The molecule has 0 bridgehead atoms. The van der Waals surface area contributed by atoms with Crippen molar-refractivity contribution in [3.05, 3.63) is 18.0 Å². The van der Waals surface area contributed by atoms with E-state index in [1.807, 2.05) is 17.9 Å². The smallest absolute Gasteiger partial charge is 0.0522 e. The van der Waals surface area contributed by atoms with Gasteiger partial charge in [0.2, 0.25) is 0 Å². The predicted octanol–water partition coefficient (Wildman–Crippen LogP) is 1.99. The van der Waals surface area contributed by atoms with Crippen LogP contribution in [-0.2, 0) is 13.5 Å². The maximum Gasteiger partial charge on any atom is 0.0522 e. The highest BCUT2D eigenvalue weighted by molar-refractivity contribution is 5.11. The lowest BCUT2D eigenvalue weighted by molar-refractivity contribution is 0.409. The van der Waals surface area contributed by atoms with Crippen LogP contribution in [0.15, 0.2) is 12.4 Å². The Hall–Kier alpha value is -0.830. The Balaban J connectivity index is 1.98. The lowest BCUT2D eigenvalue weighted by atomic mass is 9.99. The normalized spacial score (nSPS) is 24.4. The van der Waals surface area contributed by atoms with Gasteiger partial charge in [0.1, 0.15) is 0 Å². The number of likely N-dealkylation sites (N-methyl/N-ethyl adjacent to an activating group) is 1. The van der Waals surface area contributed by atoms with E-state index in [1.54, 1.807) is 0 Å². The second kappa shape index (κ2) is 4.21. The van der Waals surface area contributed by atoms with Gasteiger partial charge in [-0.05, 0) is 36.3 Å². The molecule has 1 N–H and O–H groups in total. The van der Waals surface area contributed by atoms with E-state index in [4.69, 9.17) is 0 Å². The van der Waals surface area contributed by atoms with Crippen LogP contribution in [0.2, 0.25) is 0 Å². The average molecular weight is 221 g/mol. The molecule has 2 unspecified atom stereocenters. The van der Waals surface area contributed by atoms with Crippen molar-refractivity contribution in [2.45, 2.75) is 39.7 Å². The first-order valence-corrected chi connectivity index (χ1v) is 6.24. The number of nitrogens with zero attached hydrogens (tertiary/aromatic N) is 2. The van der Waals surface area contributed by atoms with E-state index < -0.39 is 0 Å². The SMILES string of the molecule is CCNC(Cc1cnn(C)c1)C1CC1(C)C. The summed E-state index contributed by atoms with van der Waals surface area (Å²) in [5.74, 6) is 0.827. The van der Waals surface area contributed by atoms with Gasteiger partial charge in [-0.2, -0.15) is 5.10 Å². The van der Waals surface area contributed by atoms with Crippen LogP contribution >= 0.6 is 0 Å². The van der Waals surface area contributed by atoms with E-state index in [9.17, 15) is 0 Å². The molecular formula is C13H23N3. The van der Waals surface area contributed by atoms with E-state index in [0.29, 0.717) is 11.5 Å². The van der Waals surface area contributed by atoms with Gasteiger partial charge in [-0.15, -0.1) is 0 Å². The fraction of sp³-hybridized carbons (Fsp3) is 0.769. The van der Waals surface area contributed by atoms with Crippen LogP contribution in [0.1, 0.15) is 32.8 Å². The van der Waals surface area contributed by atoms with Crippen molar-refractivity contribution in [3.63, 3.8) is 0 Å². The fourth-order valence-corrected chi connectivity index (χ4v) is 2.64.